The molecule has 4 rings (SSSR count). The lowest BCUT2D eigenvalue weighted by Gasteiger charge is -2.24. The van der Waals surface area contributed by atoms with Gasteiger partial charge in [0, 0.05) is 12.1 Å². The molecule has 2 aromatic heterocycles. The van der Waals surface area contributed by atoms with Gasteiger partial charge in [0.15, 0.2) is 11.3 Å². The lowest BCUT2D eigenvalue weighted by Crippen LogP contribution is -2.32. The highest BCUT2D eigenvalue weighted by Gasteiger charge is 2.34. The van der Waals surface area contributed by atoms with Crippen LogP contribution in [-0.4, -0.2) is 31.7 Å². The topological polar surface area (TPSA) is 108 Å². The molecule has 0 unspecified atom stereocenters. The van der Waals surface area contributed by atoms with Crippen molar-refractivity contribution in [1.82, 2.24) is 19.6 Å². The molecule has 31 heavy (non-hydrogen) atoms. The summed E-state index contributed by atoms with van der Waals surface area (Å²) in [6.45, 7) is 6.29. The van der Waals surface area contributed by atoms with E-state index in [2.05, 4.69) is 28.3 Å². The van der Waals surface area contributed by atoms with Crippen LogP contribution in [0.4, 0.5) is 5.69 Å². The number of hydrogen-bond donors (Lipinski definition) is 2. The molecule has 3 aromatic rings. The van der Waals surface area contributed by atoms with Crippen LogP contribution >= 0.6 is 0 Å². The van der Waals surface area contributed by atoms with Gasteiger partial charge in [0.2, 0.25) is 0 Å². The van der Waals surface area contributed by atoms with E-state index < -0.39 is 5.54 Å². The number of H-pyrrole nitrogens is 1. The standard InChI is InChI=1S/C23H28N6O2/c1-4-8-19-25-15(3)20-22(30)26-21(28-29(19)20)17-13-16(9-10-18(17)31-5-2)27-23(14-24)11-6-7-12-23/h9-10,13,27H,4-8,11-12H2,1-3H3,(H,26,28,30). The molecule has 0 bridgehead atoms. The summed E-state index contributed by atoms with van der Waals surface area (Å²) in [5, 5.41) is 17.9. The van der Waals surface area contributed by atoms with Gasteiger partial charge in [-0.3, -0.25) is 4.79 Å². The summed E-state index contributed by atoms with van der Waals surface area (Å²) >= 11 is 0. The third-order valence-electron chi connectivity index (χ3n) is 5.81. The van der Waals surface area contributed by atoms with Crippen LogP contribution in [0.1, 0.15) is 57.5 Å². The molecule has 0 radical (unpaired) electrons. The summed E-state index contributed by atoms with van der Waals surface area (Å²) in [5.41, 5.74) is 1.83. The smallest absolute Gasteiger partial charge is 0.277 e. The molecule has 0 amide bonds. The summed E-state index contributed by atoms with van der Waals surface area (Å²) < 4.78 is 7.47. The molecule has 1 aromatic carbocycles. The molecule has 162 valence electrons. The van der Waals surface area contributed by atoms with Crippen molar-refractivity contribution in [3.8, 4) is 23.2 Å². The fourth-order valence-corrected chi connectivity index (χ4v) is 4.34. The van der Waals surface area contributed by atoms with E-state index in [1.54, 1.807) is 4.52 Å². The third kappa shape index (κ3) is 3.88. The monoisotopic (exact) mass is 420 g/mol. The van der Waals surface area contributed by atoms with Crippen LogP contribution < -0.4 is 15.6 Å². The maximum atomic E-state index is 12.9. The molecule has 0 aliphatic heterocycles. The number of aromatic amines is 1. The number of nitriles is 1. The van der Waals surface area contributed by atoms with Crippen molar-refractivity contribution in [1.29, 1.82) is 5.26 Å². The van der Waals surface area contributed by atoms with Crippen LogP contribution in [-0.2, 0) is 6.42 Å². The van der Waals surface area contributed by atoms with Gasteiger partial charge in [-0.1, -0.05) is 6.92 Å². The van der Waals surface area contributed by atoms with E-state index in [1.807, 2.05) is 32.0 Å². The highest BCUT2D eigenvalue weighted by Crippen LogP contribution is 2.36. The van der Waals surface area contributed by atoms with Crippen molar-refractivity contribution in [2.24, 2.45) is 0 Å². The Hall–Kier alpha value is -3.34. The average molecular weight is 421 g/mol. The van der Waals surface area contributed by atoms with Gasteiger partial charge in [-0.05, 0) is 64.2 Å². The van der Waals surface area contributed by atoms with Crippen LogP contribution in [0, 0.1) is 18.3 Å². The lowest BCUT2D eigenvalue weighted by atomic mass is 9.99. The second-order valence-electron chi connectivity index (χ2n) is 8.10. The predicted molar refractivity (Wildman–Crippen MR) is 119 cm³/mol. The van der Waals surface area contributed by atoms with E-state index >= 15 is 0 Å². The molecular formula is C23H28N6O2. The molecule has 2 N–H and O–H groups in total. The molecule has 0 atom stereocenters. The number of anilines is 1. The minimum absolute atomic E-state index is 0.234. The quantitative estimate of drug-likeness (QED) is 0.598. The third-order valence-corrected chi connectivity index (χ3v) is 5.81. The van der Waals surface area contributed by atoms with Gasteiger partial charge in [-0.25, -0.2) is 9.50 Å². The Labute approximate surface area is 181 Å². The minimum atomic E-state index is -0.551. The summed E-state index contributed by atoms with van der Waals surface area (Å²) in [7, 11) is 0. The Morgan fingerprint density at radius 3 is 2.77 bits per heavy atom. The Morgan fingerprint density at radius 1 is 1.32 bits per heavy atom. The van der Waals surface area contributed by atoms with Crippen LogP contribution in [0.5, 0.6) is 5.75 Å². The van der Waals surface area contributed by atoms with Crippen LogP contribution in [0.15, 0.2) is 23.0 Å². The molecule has 0 spiro atoms. The van der Waals surface area contributed by atoms with E-state index in [9.17, 15) is 10.1 Å². The highest BCUT2D eigenvalue weighted by molar-refractivity contribution is 5.71. The van der Waals surface area contributed by atoms with E-state index in [4.69, 9.17) is 9.84 Å². The Balaban J connectivity index is 1.84. The molecule has 1 saturated carbocycles. The van der Waals surface area contributed by atoms with Crippen LogP contribution in [0.25, 0.3) is 16.9 Å². The number of nitrogens with one attached hydrogen (secondary N) is 2. The SMILES string of the molecule is CCCc1nc(C)c2c(=O)[nH]c(-c3cc(NC4(C#N)CCCC4)ccc3OCC)nn12. The molecule has 8 nitrogen and oxygen atoms in total. The number of imidazole rings is 1. The lowest BCUT2D eigenvalue weighted by molar-refractivity contribution is 0.341. The fraction of sp³-hybridized carbons (Fsp3) is 0.478. The van der Waals surface area contributed by atoms with Gasteiger partial charge >= 0.3 is 0 Å². The average Bonchev–Trinajstić information content (AvgIpc) is 3.35. The number of aryl methyl sites for hydroxylation is 2. The van der Waals surface area contributed by atoms with E-state index in [0.717, 1.165) is 50.0 Å². The first-order valence-electron chi connectivity index (χ1n) is 11.0. The van der Waals surface area contributed by atoms with Gasteiger partial charge in [0.25, 0.3) is 5.56 Å². The van der Waals surface area contributed by atoms with Crippen molar-refractivity contribution in [3.05, 3.63) is 40.1 Å². The number of aromatic nitrogens is 4. The Kier molecular flexibility index (Phi) is 5.68. The normalized spacial score (nSPS) is 15.2. The van der Waals surface area contributed by atoms with Gasteiger partial charge < -0.3 is 15.0 Å². The second-order valence-corrected chi connectivity index (χ2v) is 8.10. The number of nitrogens with zero attached hydrogens (tertiary/aromatic N) is 4. The fourth-order valence-electron chi connectivity index (χ4n) is 4.34. The zero-order chi connectivity index (χ0) is 22.0. The molecule has 1 fully saturated rings. The summed E-state index contributed by atoms with van der Waals surface area (Å²) in [6, 6.07) is 8.12. The molecule has 1 aliphatic rings. The zero-order valence-corrected chi connectivity index (χ0v) is 18.3. The van der Waals surface area contributed by atoms with Crippen molar-refractivity contribution in [2.75, 3.05) is 11.9 Å². The number of fused-ring (bicyclic) bond motifs is 1. The van der Waals surface area contributed by atoms with E-state index in [0.29, 0.717) is 35.0 Å². The van der Waals surface area contributed by atoms with Crippen molar-refractivity contribution in [3.63, 3.8) is 0 Å². The molecule has 2 heterocycles. The summed E-state index contributed by atoms with van der Waals surface area (Å²) in [4.78, 5) is 20.3. The maximum Gasteiger partial charge on any atom is 0.277 e. The first-order valence-corrected chi connectivity index (χ1v) is 11.0. The van der Waals surface area contributed by atoms with Gasteiger partial charge in [-0.2, -0.15) is 5.26 Å². The number of benzene rings is 1. The van der Waals surface area contributed by atoms with Gasteiger partial charge in [0.05, 0.1) is 23.9 Å². The van der Waals surface area contributed by atoms with Crippen molar-refractivity contribution >= 4 is 11.2 Å². The zero-order valence-electron chi connectivity index (χ0n) is 18.3. The molecular weight excluding hydrogens is 392 g/mol. The first kappa shape index (κ1) is 20.9. The highest BCUT2D eigenvalue weighted by atomic mass is 16.5. The van der Waals surface area contributed by atoms with Gasteiger partial charge in [-0.15, -0.1) is 5.10 Å². The number of ether oxygens (including phenoxy) is 1. The van der Waals surface area contributed by atoms with Crippen LogP contribution in [0.2, 0.25) is 0 Å². The number of hydrogen-bond acceptors (Lipinski definition) is 6. The Morgan fingerprint density at radius 2 is 2.10 bits per heavy atom. The predicted octanol–water partition coefficient (Wildman–Crippen LogP) is 3.99. The van der Waals surface area contributed by atoms with Gasteiger partial charge in [0.1, 0.15) is 17.1 Å². The first-order chi connectivity index (χ1) is 15.0. The largest absolute Gasteiger partial charge is 0.493 e. The van der Waals surface area contributed by atoms with E-state index in [1.165, 1.54) is 0 Å². The Bertz CT molecular complexity index is 1200. The van der Waals surface area contributed by atoms with E-state index in [-0.39, 0.29) is 5.56 Å². The van der Waals surface area contributed by atoms with Crippen LogP contribution in [0.3, 0.4) is 0 Å². The maximum absolute atomic E-state index is 12.9. The second kappa shape index (κ2) is 8.42. The number of rotatable bonds is 7. The molecule has 8 heteroatoms. The summed E-state index contributed by atoms with van der Waals surface area (Å²) in [6.07, 6.45) is 5.35. The summed E-state index contributed by atoms with van der Waals surface area (Å²) in [5.74, 6) is 1.81. The minimum Gasteiger partial charge on any atom is -0.493 e. The van der Waals surface area contributed by atoms with Crippen molar-refractivity contribution in [2.45, 2.75) is 64.8 Å². The molecule has 1 aliphatic carbocycles. The molecule has 0 saturated heterocycles. The van der Waals surface area contributed by atoms with Crippen molar-refractivity contribution < 1.29 is 4.74 Å².